The molecule has 0 bridgehead atoms. The second kappa shape index (κ2) is 12.5. The number of benzene rings is 3. The van der Waals surface area contributed by atoms with Crippen LogP contribution >= 0.6 is 0 Å². The Morgan fingerprint density at radius 1 is 0.947 bits per heavy atom. The molecule has 1 saturated heterocycles. The van der Waals surface area contributed by atoms with Gasteiger partial charge in [0.15, 0.2) is 0 Å². The Kier molecular flexibility index (Phi) is 8.65. The van der Waals surface area contributed by atoms with Crippen LogP contribution in [-0.4, -0.2) is 46.4 Å². The predicted molar refractivity (Wildman–Crippen MR) is 137 cm³/mol. The highest BCUT2D eigenvalue weighted by Crippen LogP contribution is 2.21. The maximum Gasteiger partial charge on any atom is 0.410 e. The molecule has 1 N–H and O–H groups in total. The van der Waals surface area contributed by atoms with Gasteiger partial charge in [-0.2, -0.15) is 0 Å². The van der Waals surface area contributed by atoms with E-state index < -0.39 is 35.0 Å². The normalized spacial score (nSPS) is 15.4. The number of ether oxygens (including phenoxy) is 2. The maximum atomic E-state index is 13.3. The molecular weight excluding hydrogens is 490 g/mol. The molecule has 1 fully saturated rings. The van der Waals surface area contributed by atoms with E-state index in [2.05, 4.69) is 5.32 Å². The van der Waals surface area contributed by atoms with E-state index in [1.165, 1.54) is 29.2 Å². The minimum Gasteiger partial charge on any atom is -0.445 e. The highest BCUT2D eigenvalue weighted by atomic mass is 16.6. The molecule has 196 valence electrons. The van der Waals surface area contributed by atoms with Crippen molar-refractivity contribution in [3.63, 3.8) is 0 Å². The summed E-state index contributed by atoms with van der Waals surface area (Å²) >= 11 is 0. The molecule has 0 spiro atoms. The van der Waals surface area contributed by atoms with Crippen LogP contribution in [0.15, 0.2) is 84.9 Å². The molecule has 0 aromatic heterocycles. The predicted octanol–water partition coefficient (Wildman–Crippen LogP) is 4.03. The molecule has 1 heterocycles. The van der Waals surface area contributed by atoms with Crippen LogP contribution < -0.4 is 10.1 Å². The van der Waals surface area contributed by atoms with Gasteiger partial charge in [-0.05, 0) is 36.1 Å². The number of carbonyl (C=O) groups excluding carboxylic acids is 3. The van der Waals surface area contributed by atoms with Crippen LogP contribution in [-0.2, 0) is 27.4 Å². The molecular formula is C28H27N3O7. The Balaban J connectivity index is 1.43. The fourth-order valence-electron chi connectivity index (χ4n) is 4.19. The van der Waals surface area contributed by atoms with Gasteiger partial charge in [0.1, 0.15) is 24.4 Å². The van der Waals surface area contributed by atoms with Crippen LogP contribution in [0, 0.1) is 10.1 Å². The number of amides is 2. The van der Waals surface area contributed by atoms with Gasteiger partial charge in [-0.1, -0.05) is 60.7 Å². The topological polar surface area (TPSA) is 128 Å². The Morgan fingerprint density at radius 3 is 2.21 bits per heavy atom. The van der Waals surface area contributed by atoms with Crippen LogP contribution in [0.2, 0.25) is 0 Å². The lowest BCUT2D eigenvalue weighted by Crippen LogP contribution is -2.52. The second-order valence-electron chi connectivity index (χ2n) is 8.81. The first kappa shape index (κ1) is 26.3. The molecule has 10 nitrogen and oxygen atoms in total. The molecule has 10 heteroatoms. The van der Waals surface area contributed by atoms with E-state index >= 15 is 0 Å². The van der Waals surface area contributed by atoms with Crippen LogP contribution in [0.3, 0.4) is 0 Å². The minimum absolute atomic E-state index is 0.0860. The molecule has 1 aliphatic rings. The molecule has 0 radical (unpaired) electrons. The van der Waals surface area contributed by atoms with Crippen molar-refractivity contribution >= 4 is 23.7 Å². The Labute approximate surface area is 219 Å². The number of non-ortho nitro benzene ring substituents is 1. The fourth-order valence-corrected chi connectivity index (χ4v) is 4.19. The van der Waals surface area contributed by atoms with Gasteiger partial charge in [0.25, 0.3) is 5.69 Å². The third-order valence-corrected chi connectivity index (χ3v) is 6.14. The first-order valence-electron chi connectivity index (χ1n) is 12.2. The summed E-state index contributed by atoms with van der Waals surface area (Å²) in [6.07, 6.45) is 0.611. The first-order chi connectivity index (χ1) is 18.4. The van der Waals surface area contributed by atoms with E-state index in [1.54, 1.807) is 0 Å². The number of nitro benzene ring substituents is 1. The van der Waals surface area contributed by atoms with Crippen LogP contribution in [0.5, 0.6) is 5.75 Å². The van der Waals surface area contributed by atoms with E-state index in [0.717, 1.165) is 11.1 Å². The number of hydrogen-bond acceptors (Lipinski definition) is 7. The number of nitrogens with zero attached hydrogens (tertiary/aromatic N) is 2. The van der Waals surface area contributed by atoms with E-state index in [-0.39, 0.29) is 24.5 Å². The number of carbonyl (C=O) groups is 3. The zero-order chi connectivity index (χ0) is 26.9. The summed E-state index contributed by atoms with van der Waals surface area (Å²) in [5, 5.41) is 13.6. The van der Waals surface area contributed by atoms with Gasteiger partial charge in [-0.25, -0.2) is 9.59 Å². The summed E-state index contributed by atoms with van der Waals surface area (Å²) in [6, 6.07) is 21.6. The van der Waals surface area contributed by atoms with Crippen molar-refractivity contribution in [1.82, 2.24) is 10.2 Å². The maximum absolute atomic E-state index is 13.3. The largest absolute Gasteiger partial charge is 0.445 e. The molecule has 1 aliphatic heterocycles. The number of esters is 1. The molecule has 4 rings (SSSR count). The first-order valence-corrected chi connectivity index (χ1v) is 12.2. The van der Waals surface area contributed by atoms with Crippen LogP contribution in [0.4, 0.5) is 10.5 Å². The van der Waals surface area contributed by atoms with Gasteiger partial charge in [0.2, 0.25) is 5.91 Å². The zero-order valence-electron chi connectivity index (χ0n) is 20.5. The van der Waals surface area contributed by atoms with E-state index in [9.17, 15) is 24.5 Å². The lowest BCUT2D eigenvalue weighted by molar-refractivity contribution is -0.384. The zero-order valence-corrected chi connectivity index (χ0v) is 20.5. The Morgan fingerprint density at radius 2 is 1.58 bits per heavy atom. The Bertz CT molecular complexity index is 1270. The van der Waals surface area contributed by atoms with Crippen molar-refractivity contribution in [2.24, 2.45) is 0 Å². The van der Waals surface area contributed by atoms with Crippen molar-refractivity contribution in [1.29, 1.82) is 0 Å². The van der Waals surface area contributed by atoms with Crippen molar-refractivity contribution in [3.8, 4) is 5.75 Å². The molecule has 0 saturated carbocycles. The summed E-state index contributed by atoms with van der Waals surface area (Å²) in [6.45, 7) is 0.449. The second-order valence-corrected chi connectivity index (χ2v) is 8.81. The van der Waals surface area contributed by atoms with Gasteiger partial charge >= 0.3 is 12.1 Å². The van der Waals surface area contributed by atoms with Gasteiger partial charge in [-0.3, -0.25) is 19.8 Å². The van der Waals surface area contributed by atoms with E-state index in [0.29, 0.717) is 19.4 Å². The van der Waals surface area contributed by atoms with Gasteiger partial charge in [0, 0.05) is 25.1 Å². The van der Waals surface area contributed by atoms with Crippen molar-refractivity contribution in [3.05, 3.63) is 106 Å². The summed E-state index contributed by atoms with van der Waals surface area (Å²) < 4.78 is 10.8. The van der Waals surface area contributed by atoms with E-state index in [4.69, 9.17) is 9.47 Å². The van der Waals surface area contributed by atoms with Crippen molar-refractivity contribution in [2.75, 3.05) is 6.54 Å². The number of hydrogen-bond donors (Lipinski definition) is 1. The lowest BCUT2D eigenvalue weighted by atomic mass is 10.1. The summed E-state index contributed by atoms with van der Waals surface area (Å²) in [4.78, 5) is 50.8. The third-order valence-electron chi connectivity index (χ3n) is 6.14. The van der Waals surface area contributed by atoms with Crippen molar-refractivity contribution in [2.45, 2.75) is 38.0 Å². The SMILES string of the molecule is O=C(Oc1ccc([N+](=O)[O-])cc1)[C@H](Cc1ccccc1)NC(=O)[C@@H]1CCCN1C(=O)OCc1ccccc1. The molecule has 38 heavy (non-hydrogen) atoms. The monoisotopic (exact) mass is 517 g/mol. The highest BCUT2D eigenvalue weighted by Gasteiger charge is 2.37. The highest BCUT2D eigenvalue weighted by molar-refractivity contribution is 5.90. The summed E-state index contributed by atoms with van der Waals surface area (Å²) in [5.74, 6) is -1.10. The van der Waals surface area contributed by atoms with Crippen LogP contribution in [0.1, 0.15) is 24.0 Å². The smallest absolute Gasteiger partial charge is 0.410 e. The average Bonchev–Trinajstić information content (AvgIpc) is 3.43. The van der Waals surface area contributed by atoms with Gasteiger partial charge < -0.3 is 14.8 Å². The third kappa shape index (κ3) is 6.94. The number of nitrogens with one attached hydrogen (secondary N) is 1. The standard InChI is InChI=1S/C28H27N3O7/c32-26(25-12-7-17-30(25)28(34)37-19-21-10-5-2-6-11-21)29-24(18-20-8-3-1-4-9-20)27(33)38-23-15-13-22(14-16-23)31(35)36/h1-6,8-11,13-16,24-25H,7,12,17-19H2,(H,29,32)/t24-,25-/m0/s1. The molecule has 3 aromatic rings. The molecule has 0 aliphatic carbocycles. The Hall–Kier alpha value is -4.73. The van der Waals surface area contributed by atoms with Gasteiger partial charge in [-0.15, -0.1) is 0 Å². The molecule has 2 amide bonds. The minimum atomic E-state index is -1.05. The molecule has 0 unspecified atom stereocenters. The van der Waals surface area contributed by atoms with Gasteiger partial charge in [0.05, 0.1) is 4.92 Å². The number of rotatable bonds is 9. The van der Waals surface area contributed by atoms with E-state index in [1.807, 2.05) is 60.7 Å². The number of nitro groups is 1. The summed E-state index contributed by atoms with van der Waals surface area (Å²) in [7, 11) is 0. The molecule has 3 aromatic carbocycles. The fraction of sp³-hybridized carbons (Fsp3) is 0.250. The number of likely N-dealkylation sites (tertiary alicyclic amines) is 1. The quantitative estimate of drug-likeness (QED) is 0.196. The summed E-state index contributed by atoms with van der Waals surface area (Å²) in [5.41, 5.74) is 1.49. The van der Waals surface area contributed by atoms with Crippen LogP contribution in [0.25, 0.3) is 0 Å². The lowest BCUT2D eigenvalue weighted by Gasteiger charge is -2.25. The molecule has 2 atom stereocenters. The average molecular weight is 518 g/mol. The van der Waals surface area contributed by atoms with Crippen molar-refractivity contribution < 1.29 is 28.8 Å².